The van der Waals surface area contributed by atoms with Crippen molar-refractivity contribution in [1.29, 1.82) is 0 Å². The van der Waals surface area contributed by atoms with Crippen LogP contribution in [0.3, 0.4) is 0 Å². The topological polar surface area (TPSA) is 75.6 Å². The fraction of sp³-hybridized carbons (Fsp3) is 0.455. The molecule has 1 saturated heterocycles. The summed E-state index contributed by atoms with van der Waals surface area (Å²) in [5, 5.41) is 0. The summed E-state index contributed by atoms with van der Waals surface area (Å²) in [7, 11) is 1.62. The summed E-state index contributed by atoms with van der Waals surface area (Å²) >= 11 is 0. The highest BCUT2D eigenvalue weighted by molar-refractivity contribution is 5.79. The average Bonchev–Trinajstić information content (AvgIpc) is 3.24. The van der Waals surface area contributed by atoms with Crippen molar-refractivity contribution in [2.24, 2.45) is 0 Å². The molecule has 0 N–H and O–H groups in total. The maximum atomic E-state index is 12.8. The molecule has 7 heteroatoms. The minimum atomic E-state index is 0.0807. The molecule has 1 aromatic heterocycles. The molecule has 2 aliphatic rings. The van der Waals surface area contributed by atoms with Crippen molar-refractivity contribution in [3.8, 4) is 5.75 Å². The van der Waals surface area contributed by atoms with Crippen LogP contribution in [0.4, 0.5) is 0 Å². The van der Waals surface area contributed by atoms with E-state index in [0.29, 0.717) is 26.1 Å². The molecule has 2 aromatic rings. The highest BCUT2D eigenvalue weighted by atomic mass is 16.5. The molecule has 0 saturated carbocycles. The first kappa shape index (κ1) is 19.4. The van der Waals surface area contributed by atoms with Crippen LogP contribution in [0, 0.1) is 0 Å². The van der Waals surface area contributed by atoms with Crippen LogP contribution >= 0.6 is 0 Å². The SMILES string of the molecule is COc1ccccc1CC(=O)N1CCc2nc([C@H]3CCN(C(C)=O)C3)ncc2C1. The monoisotopic (exact) mass is 394 g/mol. The van der Waals surface area contributed by atoms with Crippen LogP contribution in [-0.4, -0.2) is 58.3 Å². The van der Waals surface area contributed by atoms with Crippen LogP contribution in [-0.2, 0) is 29.0 Å². The Morgan fingerprint density at radius 1 is 1.21 bits per heavy atom. The quantitative estimate of drug-likeness (QED) is 0.792. The van der Waals surface area contributed by atoms with Gasteiger partial charge in [0.1, 0.15) is 11.6 Å². The van der Waals surface area contributed by atoms with Gasteiger partial charge in [0.25, 0.3) is 0 Å². The maximum absolute atomic E-state index is 12.8. The summed E-state index contributed by atoms with van der Waals surface area (Å²) in [5.74, 6) is 1.95. The van der Waals surface area contributed by atoms with E-state index in [-0.39, 0.29) is 17.7 Å². The van der Waals surface area contributed by atoms with E-state index in [9.17, 15) is 9.59 Å². The Morgan fingerprint density at radius 2 is 2.03 bits per heavy atom. The molecule has 152 valence electrons. The first-order chi connectivity index (χ1) is 14.0. The molecular formula is C22H26N4O3. The number of aromatic nitrogens is 2. The Balaban J connectivity index is 1.43. The lowest BCUT2D eigenvalue weighted by molar-refractivity contribution is -0.131. The minimum absolute atomic E-state index is 0.0807. The molecule has 0 radical (unpaired) electrons. The number of rotatable bonds is 4. The van der Waals surface area contributed by atoms with E-state index in [4.69, 9.17) is 9.72 Å². The molecule has 0 aliphatic carbocycles. The summed E-state index contributed by atoms with van der Waals surface area (Å²) < 4.78 is 5.36. The molecular weight excluding hydrogens is 368 g/mol. The van der Waals surface area contributed by atoms with E-state index >= 15 is 0 Å². The van der Waals surface area contributed by atoms with Crippen LogP contribution in [0.5, 0.6) is 5.75 Å². The van der Waals surface area contributed by atoms with Gasteiger partial charge in [0.2, 0.25) is 11.8 Å². The summed E-state index contributed by atoms with van der Waals surface area (Å²) in [6.07, 6.45) is 3.81. The Bertz CT molecular complexity index is 930. The highest BCUT2D eigenvalue weighted by Gasteiger charge is 2.29. The van der Waals surface area contributed by atoms with Gasteiger partial charge in [-0.05, 0) is 12.5 Å². The molecule has 1 fully saturated rings. The van der Waals surface area contributed by atoms with E-state index in [1.807, 2.05) is 40.3 Å². The Kier molecular flexibility index (Phi) is 5.47. The molecule has 29 heavy (non-hydrogen) atoms. The third-order valence-electron chi connectivity index (χ3n) is 5.84. The molecule has 0 bridgehead atoms. The zero-order chi connectivity index (χ0) is 20.4. The van der Waals surface area contributed by atoms with Gasteiger partial charge in [-0.1, -0.05) is 18.2 Å². The van der Waals surface area contributed by atoms with Gasteiger partial charge in [-0.15, -0.1) is 0 Å². The molecule has 2 aliphatic heterocycles. The van der Waals surface area contributed by atoms with Gasteiger partial charge in [0, 0.05) is 62.8 Å². The Labute approximate surface area is 170 Å². The van der Waals surface area contributed by atoms with Gasteiger partial charge in [-0.2, -0.15) is 0 Å². The molecule has 4 rings (SSSR count). The van der Waals surface area contributed by atoms with Crippen molar-refractivity contribution in [1.82, 2.24) is 19.8 Å². The van der Waals surface area contributed by atoms with Gasteiger partial charge < -0.3 is 14.5 Å². The number of likely N-dealkylation sites (tertiary alicyclic amines) is 1. The largest absolute Gasteiger partial charge is 0.496 e. The lowest BCUT2D eigenvalue weighted by Gasteiger charge is -2.29. The van der Waals surface area contributed by atoms with Crippen molar-refractivity contribution in [2.45, 2.75) is 38.6 Å². The second kappa shape index (κ2) is 8.19. The van der Waals surface area contributed by atoms with Crippen molar-refractivity contribution in [2.75, 3.05) is 26.7 Å². The van der Waals surface area contributed by atoms with Crippen LogP contribution in [0.25, 0.3) is 0 Å². The van der Waals surface area contributed by atoms with Crippen molar-refractivity contribution in [3.63, 3.8) is 0 Å². The van der Waals surface area contributed by atoms with Crippen LogP contribution < -0.4 is 4.74 Å². The number of nitrogens with zero attached hydrogens (tertiary/aromatic N) is 4. The molecule has 1 atom stereocenters. The molecule has 2 amide bonds. The van der Waals surface area contributed by atoms with Crippen LogP contribution in [0.1, 0.15) is 41.9 Å². The van der Waals surface area contributed by atoms with E-state index < -0.39 is 0 Å². The van der Waals surface area contributed by atoms with Crippen molar-refractivity contribution in [3.05, 3.63) is 53.1 Å². The number of para-hydroxylation sites is 1. The molecule has 7 nitrogen and oxygen atoms in total. The average molecular weight is 394 g/mol. The number of hydrogen-bond donors (Lipinski definition) is 0. The normalized spacial score (nSPS) is 18.5. The fourth-order valence-corrected chi connectivity index (χ4v) is 4.12. The van der Waals surface area contributed by atoms with E-state index in [1.165, 1.54) is 0 Å². The zero-order valence-electron chi connectivity index (χ0n) is 16.9. The predicted octanol–water partition coefficient (Wildman–Crippen LogP) is 1.95. The number of hydrogen-bond acceptors (Lipinski definition) is 5. The third-order valence-corrected chi connectivity index (χ3v) is 5.84. The number of benzene rings is 1. The molecule has 0 unspecified atom stereocenters. The first-order valence-electron chi connectivity index (χ1n) is 10.0. The van der Waals surface area contributed by atoms with Crippen molar-refractivity contribution < 1.29 is 14.3 Å². The summed E-state index contributed by atoms with van der Waals surface area (Å²) in [5.41, 5.74) is 2.93. The highest BCUT2D eigenvalue weighted by Crippen LogP contribution is 2.27. The summed E-state index contributed by atoms with van der Waals surface area (Å²) in [6.45, 7) is 4.26. The van der Waals surface area contributed by atoms with E-state index in [2.05, 4.69) is 4.98 Å². The van der Waals surface area contributed by atoms with E-state index in [0.717, 1.165) is 47.8 Å². The summed E-state index contributed by atoms with van der Waals surface area (Å²) in [6, 6.07) is 7.62. The van der Waals surface area contributed by atoms with Gasteiger partial charge in [-0.25, -0.2) is 9.97 Å². The lowest BCUT2D eigenvalue weighted by Crippen LogP contribution is -2.37. The van der Waals surface area contributed by atoms with Gasteiger partial charge >= 0.3 is 0 Å². The fourth-order valence-electron chi connectivity index (χ4n) is 4.12. The van der Waals surface area contributed by atoms with Crippen LogP contribution in [0.2, 0.25) is 0 Å². The Hall–Kier alpha value is -2.96. The molecule has 0 spiro atoms. The number of carbonyl (C=O) groups is 2. The number of fused-ring (bicyclic) bond motifs is 1. The third kappa shape index (κ3) is 4.09. The lowest BCUT2D eigenvalue weighted by atomic mass is 10.0. The number of methoxy groups -OCH3 is 1. The predicted molar refractivity (Wildman–Crippen MR) is 107 cm³/mol. The molecule has 3 heterocycles. The zero-order valence-corrected chi connectivity index (χ0v) is 16.9. The van der Waals surface area contributed by atoms with Crippen molar-refractivity contribution >= 4 is 11.8 Å². The van der Waals surface area contributed by atoms with Crippen LogP contribution in [0.15, 0.2) is 30.5 Å². The number of ether oxygens (including phenoxy) is 1. The first-order valence-corrected chi connectivity index (χ1v) is 10.0. The van der Waals surface area contributed by atoms with Gasteiger partial charge in [0.05, 0.1) is 19.2 Å². The van der Waals surface area contributed by atoms with Gasteiger partial charge in [-0.3, -0.25) is 9.59 Å². The smallest absolute Gasteiger partial charge is 0.227 e. The molecule has 1 aromatic carbocycles. The van der Waals surface area contributed by atoms with E-state index in [1.54, 1.807) is 14.0 Å². The number of carbonyl (C=O) groups excluding carboxylic acids is 2. The minimum Gasteiger partial charge on any atom is -0.496 e. The maximum Gasteiger partial charge on any atom is 0.227 e. The summed E-state index contributed by atoms with van der Waals surface area (Å²) in [4.78, 5) is 37.5. The standard InChI is InChI=1S/C22H26N4O3/c1-15(27)25-9-7-17(13-25)22-23-12-18-14-26(10-8-19(18)24-22)21(28)11-16-5-3-4-6-20(16)29-2/h3-6,12,17H,7-11,13-14H2,1-2H3/t17-/m0/s1. The second-order valence-electron chi connectivity index (χ2n) is 7.70. The van der Waals surface area contributed by atoms with Gasteiger partial charge in [0.15, 0.2) is 0 Å². The number of amides is 2. The second-order valence-corrected chi connectivity index (χ2v) is 7.70. The Morgan fingerprint density at radius 3 is 2.79 bits per heavy atom.